The Bertz CT molecular complexity index is 1080. The highest BCUT2D eigenvalue weighted by Gasteiger charge is 2.28. The summed E-state index contributed by atoms with van der Waals surface area (Å²) in [5.74, 6) is -0.0532. The van der Waals surface area contributed by atoms with Crippen LogP contribution in [-0.4, -0.2) is 35.0 Å². The first kappa shape index (κ1) is 15.9. The van der Waals surface area contributed by atoms with Crippen molar-refractivity contribution in [2.24, 2.45) is 0 Å². The molecule has 2 N–H and O–H groups in total. The van der Waals surface area contributed by atoms with E-state index in [2.05, 4.69) is 20.2 Å². The Balaban J connectivity index is 1.30. The largest absolute Gasteiger partial charge is 0.423 e. The third-order valence-corrected chi connectivity index (χ3v) is 5.22. The third kappa shape index (κ3) is 2.93. The van der Waals surface area contributed by atoms with Crippen molar-refractivity contribution >= 4 is 33.9 Å². The third-order valence-electron chi connectivity index (χ3n) is 5.22. The zero-order valence-electron chi connectivity index (χ0n) is 14.8. The normalized spacial score (nSPS) is 17.0. The van der Waals surface area contributed by atoms with Crippen LogP contribution in [-0.2, 0) is 0 Å². The Morgan fingerprint density at radius 3 is 3.11 bits per heavy atom. The molecule has 0 bridgehead atoms. The summed E-state index contributed by atoms with van der Waals surface area (Å²) in [4.78, 5) is 22.5. The van der Waals surface area contributed by atoms with Gasteiger partial charge < -0.3 is 19.6 Å². The molecule has 1 fully saturated rings. The van der Waals surface area contributed by atoms with Gasteiger partial charge in [-0.1, -0.05) is 12.1 Å². The molecule has 2 aromatic heterocycles. The summed E-state index contributed by atoms with van der Waals surface area (Å²) in [7, 11) is 0. The molecule has 3 heterocycles. The number of benzene rings is 2. The molecular weight excluding hydrogens is 340 g/mol. The molecule has 0 spiro atoms. The van der Waals surface area contributed by atoms with Gasteiger partial charge in [0.25, 0.3) is 11.9 Å². The maximum absolute atomic E-state index is 12.6. The Kier molecular flexibility index (Phi) is 3.81. The second-order valence-electron chi connectivity index (χ2n) is 6.94. The number of fused-ring (bicyclic) bond motifs is 2. The van der Waals surface area contributed by atoms with E-state index in [1.807, 2.05) is 54.7 Å². The van der Waals surface area contributed by atoms with Gasteiger partial charge in [-0.25, -0.2) is 0 Å². The summed E-state index contributed by atoms with van der Waals surface area (Å²) < 4.78 is 5.91. The molecular formula is C21H20N4O2. The van der Waals surface area contributed by atoms with Gasteiger partial charge in [0.15, 0.2) is 5.58 Å². The number of hydrogen-bond donors (Lipinski definition) is 2. The van der Waals surface area contributed by atoms with E-state index in [4.69, 9.17) is 4.42 Å². The maximum atomic E-state index is 12.6. The number of aromatic amines is 1. The minimum atomic E-state index is -0.0532. The Morgan fingerprint density at radius 1 is 1.26 bits per heavy atom. The van der Waals surface area contributed by atoms with Crippen LogP contribution in [0, 0.1) is 0 Å². The van der Waals surface area contributed by atoms with E-state index < -0.39 is 0 Å². The van der Waals surface area contributed by atoms with Gasteiger partial charge in [0.05, 0.1) is 6.04 Å². The summed E-state index contributed by atoms with van der Waals surface area (Å²) in [6.45, 7) is 1.46. The molecule has 0 aliphatic carbocycles. The fourth-order valence-corrected chi connectivity index (χ4v) is 3.79. The lowest BCUT2D eigenvalue weighted by molar-refractivity contribution is 0.0951. The van der Waals surface area contributed by atoms with Crippen LogP contribution in [0.25, 0.3) is 22.0 Å². The van der Waals surface area contributed by atoms with Gasteiger partial charge in [-0.3, -0.25) is 4.79 Å². The van der Waals surface area contributed by atoms with Crippen LogP contribution in [0.3, 0.4) is 0 Å². The first-order valence-corrected chi connectivity index (χ1v) is 9.25. The van der Waals surface area contributed by atoms with E-state index in [-0.39, 0.29) is 11.9 Å². The predicted molar refractivity (Wildman–Crippen MR) is 105 cm³/mol. The minimum absolute atomic E-state index is 0.0532. The Labute approximate surface area is 156 Å². The number of nitrogens with one attached hydrogen (secondary N) is 2. The van der Waals surface area contributed by atoms with Crippen molar-refractivity contribution in [3.8, 4) is 0 Å². The van der Waals surface area contributed by atoms with Crippen molar-refractivity contribution in [2.75, 3.05) is 18.0 Å². The van der Waals surface area contributed by atoms with E-state index in [1.54, 1.807) is 0 Å². The number of H-pyrrole nitrogens is 1. The van der Waals surface area contributed by atoms with Crippen molar-refractivity contribution in [3.05, 3.63) is 60.3 Å². The maximum Gasteiger partial charge on any atom is 0.298 e. The molecule has 6 heteroatoms. The molecule has 1 saturated heterocycles. The highest BCUT2D eigenvalue weighted by molar-refractivity contribution is 5.98. The molecule has 1 aliphatic rings. The van der Waals surface area contributed by atoms with Gasteiger partial charge in [-0.15, -0.1) is 0 Å². The fourth-order valence-electron chi connectivity index (χ4n) is 3.79. The van der Waals surface area contributed by atoms with Crippen LogP contribution in [0.2, 0.25) is 0 Å². The number of carbonyl (C=O) groups is 1. The molecule has 5 rings (SSSR count). The lowest BCUT2D eigenvalue weighted by atomic mass is 10.1. The Hall–Kier alpha value is -3.28. The quantitative estimate of drug-likeness (QED) is 0.582. The summed E-state index contributed by atoms with van der Waals surface area (Å²) in [6.07, 6.45) is 3.95. The number of carbonyl (C=O) groups excluding carboxylic acids is 1. The molecule has 1 amide bonds. The number of oxazole rings is 1. The second kappa shape index (κ2) is 6.46. The number of hydrogen-bond acceptors (Lipinski definition) is 4. The van der Waals surface area contributed by atoms with Gasteiger partial charge >= 0.3 is 0 Å². The molecule has 0 radical (unpaired) electrons. The lowest BCUT2D eigenvalue weighted by Gasteiger charge is -2.23. The first-order chi connectivity index (χ1) is 13.3. The van der Waals surface area contributed by atoms with Crippen LogP contribution >= 0.6 is 0 Å². The number of amides is 1. The van der Waals surface area contributed by atoms with Crippen LogP contribution in [0.15, 0.2) is 59.1 Å². The van der Waals surface area contributed by atoms with Crippen LogP contribution in [0.1, 0.15) is 23.2 Å². The number of anilines is 1. The average molecular weight is 360 g/mol. The van der Waals surface area contributed by atoms with E-state index >= 15 is 0 Å². The molecule has 1 unspecified atom stereocenters. The summed E-state index contributed by atoms with van der Waals surface area (Å²) in [5.41, 5.74) is 3.36. The second-order valence-corrected chi connectivity index (χ2v) is 6.94. The van der Waals surface area contributed by atoms with Crippen LogP contribution in [0.4, 0.5) is 6.01 Å². The molecule has 6 nitrogen and oxygen atoms in total. The molecule has 0 saturated carbocycles. The molecule has 1 aliphatic heterocycles. The zero-order valence-corrected chi connectivity index (χ0v) is 14.8. The molecule has 1 atom stereocenters. The fraction of sp³-hybridized carbons (Fsp3) is 0.238. The number of para-hydroxylation sites is 2. The van der Waals surface area contributed by atoms with E-state index in [1.165, 1.54) is 0 Å². The van der Waals surface area contributed by atoms with Crippen molar-refractivity contribution in [1.29, 1.82) is 0 Å². The molecule has 27 heavy (non-hydrogen) atoms. The van der Waals surface area contributed by atoms with Gasteiger partial charge in [0, 0.05) is 35.8 Å². The van der Waals surface area contributed by atoms with Crippen molar-refractivity contribution in [1.82, 2.24) is 15.3 Å². The van der Waals surface area contributed by atoms with Gasteiger partial charge in [0.2, 0.25) is 0 Å². The van der Waals surface area contributed by atoms with Gasteiger partial charge in [-0.2, -0.15) is 4.98 Å². The Morgan fingerprint density at radius 2 is 2.19 bits per heavy atom. The summed E-state index contributed by atoms with van der Waals surface area (Å²) in [5, 5.41) is 4.11. The number of rotatable bonds is 4. The van der Waals surface area contributed by atoms with E-state index in [0.29, 0.717) is 18.1 Å². The summed E-state index contributed by atoms with van der Waals surface area (Å²) in [6, 6.07) is 16.3. The van der Waals surface area contributed by atoms with Crippen molar-refractivity contribution in [3.63, 3.8) is 0 Å². The van der Waals surface area contributed by atoms with Crippen LogP contribution < -0.4 is 10.2 Å². The van der Waals surface area contributed by atoms with E-state index in [0.717, 1.165) is 41.4 Å². The lowest BCUT2D eigenvalue weighted by Crippen LogP contribution is -2.40. The summed E-state index contributed by atoms with van der Waals surface area (Å²) >= 11 is 0. The van der Waals surface area contributed by atoms with Gasteiger partial charge in [0.1, 0.15) is 5.52 Å². The molecule has 2 aromatic carbocycles. The minimum Gasteiger partial charge on any atom is -0.423 e. The average Bonchev–Trinajstić information content (AvgIpc) is 3.43. The van der Waals surface area contributed by atoms with Crippen molar-refractivity contribution in [2.45, 2.75) is 18.9 Å². The predicted octanol–water partition coefficient (Wildman–Crippen LogP) is 3.71. The smallest absolute Gasteiger partial charge is 0.298 e. The van der Waals surface area contributed by atoms with Crippen molar-refractivity contribution < 1.29 is 9.21 Å². The standard InChI is InChI=1S/C21H20N4O2/c26-20(15-7-8-17-14(12-15)9-10-22-17)23-13-16-4-3-11-25(16)21-24-18-5-1-2-6-19(18)27-21/h1-2,5-10,12,16,22H,3-4,11,13H2,(H,23,26). The van der Waals surface area contributed by atoms with E-state index in [9.17, 15) is 4.79 Å². The van der Waals surface area contributed by atoms with Gasteiger partial charge in [-0.05, 0) is 49.2 Å². The highest BCUT2D eigenvalue weighted by atomic mass is 16.4. The zero-order chi connectivity index (χ0) is 18.2. The first-order valence-electron chi connectivity index (χ1n) is 9.25. The number of nitrogens with zero attached hydrogens (tertiary/aromatic N) is 2. The highest BCUT2D eigenvalue weighted by Crippen LogP contribution is 2.28. The number of aromatic nitrogens is 2. The molecule has 4 aromatic rings. The monoisotopic (exact) mass is 360 g/mol. The van der Waals surface area contributed by atoms with Crippen LogP contribution in [0.5, 0.6) is 0 Å². The topological polar surface area (TPSA) is 74.2 Å². The molecule has 136 valence electrons. The SMILES string of the molecule is O=C(NCC1CCCN1c1nc2ccccc2o1)c1ccc2[nH]ccc2c1.